The first-order chi connectivity index (χ1) is 8.95. The van der Waals surface area contributed by atoms with Gasteiger partial charge in [0, 0.05) is 37.8 Å². The van der Waals surface area contributed by atoms with Gasteiger partial charge in [0.1, 0.15) is 0 Å². The molecule has 0 aromatic heterocycles. The molecule has 1 aromatic carbocycles. The second kappa shape index (κ2) is 6.89. The maximum absolute atomic E-state index is 11.8. The lowest BCUT2D eigenvalue weighted by Crippen LogP contribution is -2.28. The lowest BCUT2D eigenvalue weighted by Gasteiger charge is -2.13. The number of benzene rings is 1. The number of nitrogens with one attached hydrogen (secondary N) is 2. The molecule has 19 heavy (non-hydrogen) atoms. The summed E-state index contributed by atoms with van der Waals surface area (Å²) in [4.78, 5) is 25.0. The zero-order chi connectivity index (χ0) is 14.4. The lowest BCUT2D eigenvalue weighted by atomic mass is 10.1. The maximum atomic E-state index is 11.8. The number of carbonyl (C=O) groups excluding carboxylic acids is 2. The minimum atomic E-state index is -0.104. The van der Waals surface area contributed by atoms with E-state index in [4.69, 9.17) is 0 Å². The third-order valence-electron chi connectivity index (χ3n) is 2.76. The minimum Gasteiger partial charge on any atom is -0.345 e. The molecule has 0 radical (unpaired) electrons. The maximum Gasteiger partial charge on any atom is 0.253 e. The van der Waals surface area contributed by atoms with Gasteiger partial charge in [0.2, 0.25) is 5.91 Å². The monoisotopic (exact) mass is 263 g/mol. The van der Waals surface area contributed by atoms with Crippen molar-refractivity contribution < 1.29 is 9.59 Å². The first-order valence-corrected chi connectivity index (χ1v) is 6.23. The van der Waals surface area contributed by atoms with Crippen LogP contribution in [0.15, 0.2) is 24.3 Å². The molecule has 104 valence electrons. The lowest BCUT2D eigenvalue weighted by molar-refractivity contribution is -0.119. The highest BCUT2D eigenvalue weighted by Crippen LogP contribution is 2.12. The fourth-order valence-corrected chi connectivity index (χ4v) is 1.62. The van der Waals surface area contributed by atoms with Crippen LogP contribution in [0.2, 0.25) is 0 Å². The Morgan fingerprint density at radius 2 is 1.79 bits per heavy atom. The molecule has 0 aliphatic rings. The van der Waals surface area contributed by atoms with Crippen molar-refractivity contribution in [3.63, 3.8) is 0 Å². The van der Waals surface area contributed by atoms with Crippen LogP contribution in [0.3, 0.4) is 0 Å². The molecule has 2 N–H and O–H groups in total. The molecular weight excluding hydrogens is 242 g/mol. The van der Waals surface area contributed by atoms with Crippen LogP contribution in [0.25, 0.3) is 0 Å². The molecule has 1 rings (SSSR count). The summed E-state index contributed by atoms with van der Waals surface area (Å²) in [6.45, 7) is 2.48. The molecule has 1 aromatic rings. The number of anilines is 1. The van der Waals surface area contributed by atoms with Crippen molar-refractivity contribution >= 4 is 17.5 Å². The van der Waals surface area contributed by atoms with Gasteiger partial charge >= 0.3 is 0 Å². The van der Waals surface area contributed by atoms with Crippen molar-refractivity contribution in [2.75, 3.05) is 33.0 Å². The summed E-state index contributed by atoms with van der Waals surface area (Å²) in [6, 6.07) is 6.89. The van der Waals surface area contributed by atoms with Crippen LogP contribution in [0.5, 0.6) is 0 Å². The Labute approximate surface area is 114 Å². The van der Waals surface area contributed by atoms with E-state index in [0.717, 1.165) is 0 Å². The van der Waals surface area contributed by atoms with Crippen molar-refractivity contribution in [3.05, 3.63) is 29.8 Å². The summed E-state index contributed by atoms with van der Waals surface area (Å²) in [7, 11) is 5.22. The normalized spacial score (nSPS) is 11.8. The number of rotatable bonds is 5. The fraction of sp³-hybridized carbons (Fsp3) is 0.429. The molecule has 0 heterocycles. The fourth-order valence-electron chi connectivity index (χ4n) is 1.62. The van der Waals surface area contributed by atoms with Gasteiger partial charge in [-0.3, -0.25) is 9.59 Å². The Bertz CT molecular complexity index is 441. The number of nitrogens with zero attached hydrogens (tertiary/aromatic N) is 1. The molecule has 1 atom stereocenters. The van der Waals surface area contributed by atoms with E-state index in [9.17, 15) is 9.59 Å². The van der Waals surface area contributed by atoms with Crippen LogP contribution >= 0.6 is 0 Å². The van der Waals surface area contributed by atoms with E-state index >= 15 is 0 Å². The Balaban J connectivity index is 2.67. The van der Waals surface area contributed by atoms with Gasteiger partial charge in [-0.05, 0) is 31.3 Å². The SMILES string of the molecule is CNCC(C)C(=O)Nc1ccc(C(=O)N(C)C)cc1. The number of amides is 2. The van der Waals surface area contributed by atoms with E-state index in [2.05, 4.69) is 10.6 Å². The first-order valence-electron chi connectivity index (χ1n) is 6.23. The summed E-state index contributed by atoms with van der Waals surface area (Å²) < 4.78 is 0. The molecule has 0 fully saturated rings. The third kappa shape index (κ3) is 4.37. The van der Waals surface area contributed by atoms with Crippen molar-refractivity contribution in [1.29, 1.82) is 0 Å². The van der Waals surface area contributed by atoms with Gasteiger partial charge < -0.3 is 15.5 Å². The van der Waals surface area contributed by atoms with Gasteiger partial charge in [-0.25, -0.2) is 0 Å². The van der Waals surface area contributed by atoms with Crippen LogP contribution in [-0.2, 0) is 4.79 Å². The van der Waals surface area contributed by atoms with Crippen molar-refractivity contribution in [2.24, 2.45) is 5.92 Å². The molecule has 5 heteroatoms. The molecule has 0 spiro atoms. The smallest absolute Gasteiger partial charge is 0.253 e. The molecular formula is C14H21N3O2. The Kier molecular flexibility index (Phi) is 5.51. The standard InChI is InChI=1S/C14H21N3O2/c1-10(9-15-2)13(18)16-12-7-5-11(6-8-12)14(19)17(3)4/h5-8,10,15H,9H2,1-4H3,(H,16,18). The van der Waals surface area contributed by atoms with Crippen molar-refractivity contribution in [2.45, 2.75) is 6.92 Å². The second-order valence-corrected chi connectivity index (χ2v) is 4.72. The molecule has 1 unspecified atom stereocenters. The van der Waals surface area contributed by atoms with Gasteiger partial charge in [-0.1, -0.05) is 6.92 Å². The van der Waals surface area contributed by atoms with Crippen LogP contribution < -0.4 is 10.6 Å². The second-order valence-electron chi connectivity index (χ2n) is 4.72. The Hall–Kier alpha value is -1.88. The van der Waals surface area contributed by atoms with Gasteiger partial charge in [0.05, 0.1) is 0 Å². The molecule has 0 saturated carbocycles. The molecule has 0 aliphatic heterocycles. The van der Waals surface area contributed by atoms with E-state index in [-0.39, 0.29) is 17.7 Å². The van der Waals surface area contributed by atoms with E-state index in [1.54, 1.807) is 38.4 Å². The minimum absolute atomic E-state index is 0.0407. The topological polar surface area (TPSA) is 61.4 Å². The average molecular weight is 263 g/mol. The van der Waals surface area contributed by atoms with E-state index < -0.39 is 0 Å². The van der Waals surface area contributed by atoms with Crippen LogP contribution in [0.1, 0.15) is 17.3 Å². The van der Waals surface area contributed by atoms with Gasteiger partial charge in [-0.15, -0.1) is 0 Å². The molecule has 0 bridgehead atoms. The van der Waals surface area contributed by atoms with Gasteiger partial charge in [-0.2, -0.15) is 0 Å². The third-order valence-corrected chi connectivity index (χ3v) is 2.76. The zero-order valence-corrected chi connectivity index (χ0v) is 11.9. The van der Waals surface area contributed by atoms with Crippen molar-refractivity contribution in [3.8, 4) is 0 Å². The van der Waals surface area contributed by atoms with Gasteiger partial charge in [0.25, 0.3) is 5.91 Å². The van der Waals surface area contributed by atoms with E-state index in [0.29, 0.717) is 17.8 Å². The zero-order valence-electron chi connectivity index (χ0n) is 11.9. The first kappa shape index (κ1) is 15.2. The van der Waals surface area contributed by atoms with Crippen LogP contribution in [-0.4, -0.2) is 44.4 Å². The van der Waals surface area contributed by atoms with Crippen LogP contribution in [0, 0.1) is 5.92 Å². The molecule has 2 amide bonds. The molecule has 0 aliphatic carbocycles. The Morgan fingerprint density at radius 3 is 2.26 bits per heavy atom. The molecule has 5 nitrogen and oxygen atoms in total. The molecule has 0 saturated heterocycles. The highest BCUT2D eigenvalue weighted by Gasteiger charge is 2.12. The summed E-state index contributed by atoms with van der Waals surface area (Å²) >= 11 is 0. The van der Waals surface area contributed by atoms with Crippen LogP contribution in [0.4, 0.5) is 5.69 Å². The summed E-state index contributed by atoms with van der Waals surface area (Å²) in [5.41, 5.74) is 1.30. The average Bonchev–Trinajstić information content (AvgIpc) is 2.38. The van der Waals surface area contributed by atoms with Crippen molar-refractivity contribution in [1.82, 2.24) is 10.2 Å². The summed E-state index contributed by atoms with van der Waals surface area (Å²) in [6.07, 6.45) is 0. The predicted octanol–water partition coefficient (Wildman–Crippen LogP) is 1.18. The number of hydrogen-bond donors (Lipinski definition) is 2. The van der Waals surface area contributed by atoms with E-state index in [1.165, 1.54) is 4.90 Å². The summed E-state index contributed by atoms with van der Waals surface area (Å²) in [5.74, 6) is -0.199. The quantitative estimate of drug-likeness (QED) is 0.838. The highest BCUT2D eigenvalue weighted by molar-refractivity contribution is 5.96. The number of hydrogen-bond acceptors (Lipinski definition) is 3. The predicted molar refractivity (Wildman–Crippen MR) is 76.2 cm³/mol. The van der Waals surface area contributed by atoms with Gasteiger partial charge in [0.15, 0.2) is 0 Å². The largest absolute Gasteiger partial charge is 0.345 e. The van der Waals surface area contributed by atoms with E-state index in [1.807, 2.05) is 14.0 Å². The number of carbonyl (C=O) groups is 2. The summed E-state index contributed by atoms with van der Waals surface area (Å²) in [5, 5.41) is 5.78. The highest BCUT2D eigenvalue weighted by atomic mass is 16.2. The Morgan fingerprint density at radius 1 is 1.21 bits per heavy atom.